The minimum Gasteiger partial charge on any atom is -0.207 e. The van der Waals surface area contributed by atoms with Gasteiger partial charge in [0, 0.05) is 5.02 Å². The molecule has 1 saturated carbocycles. The van der Waals surface area contributed by atoms with Gasteiger partial charge in [-0.15, -0.1) is 0 Å². The number of rotatable bonds is 4. The van der Waals surface area contributed by atoms with E-state index in [9.17, 15) is 9.65 Å². The maximum absolute atomic E-state index is 13.1. The van der Waals surface area contributed by atoms with Gasteiger partial charge in [0.25, 0.3) is 0 Å². The summed E-state index contributed by atoms with van der Waals surface area (Å²) in [5, 5.41) is 10.0. The van der Waals surface area contributed by atoms with Crippen LogP contribution in [0, 0.1) is 28.5 Å². The van der Waals surface area contributed by atoms with Crippen LogP contribution < -0.4 is 0 Å². The summed E-state index contributed by atoms with van der Waals surface area (Å²) in [7, 11) is 0. The van der Waals surface area contributed by atoms with Crippen LogP contribution in [0.5, 0.6) is 0 Å². The molecule has 0 radical (unpaired) electrons. The van der Waals surface area contributed by atoms with Gasteiger partial charge in [0.2, 0.25) is 0 Å². The minimum absolute atomic E-state index is 0.314. The SMILES string of the molecule is CCCC1CCC(C#N)(Cc2ccc(F)cc2Cl)CC1. The molecule has 0 spiro atoms. The zero-order chi connectivity index (χ0) is 14.6. The number of benzene rings is 1. The molecule has 0 unspecified atom stereocenters. The van der Waals surface area contributed by atoms with Gasteiger partial charge >= 0.3 is 0 Å². The van der Waals surface area contributed by atoms with Gasteiger partial charge in [0.15, 0.2) is 0 Å². The molecule has 1 fully saturated rings. The normalized spacial score (nSPS) is 26.2. The molecular weight excluding hydrogens is 273 g/mol. The second kappa shape index (κ2) is 6.59. The summed E-state index contributed by atoms with van der Waals surface area (Å²) in [4.78, 5) is 0. The van der Waals surface area contributed by atoms with E-state index in [-0.39, 0.29) is 11.2 Å². The number of nitrogens with zero attached hydrogens (tertiary/aromatic N) is 1. The van der Waals surface area contributed by atoms with Gasteiger partial charge in [-0.1, -0.05) is 37.4 Å². The highest BCUT2D eigenvalue weighted by Crippen LogP contribution is 2.43. The Hall–Kier alpha value is -1.07. The summed E-state index contributed by atoms with van der Waals surface area (Å²) in [6, 6.07) is 7.00. The van der Waals surface area contributed by atoms with E-state index in [0.717, 1.165) is 37.2 Å². The third-order valence-corrected chi connectivity index (χ3v) is 4.89. The van der Waals surface area contributed by atoms with E-state index >= 15 is 0 Å². The van der Waals surface area contributed by atoms with Gasteiger partial charge in [-0.3, -0.25) is 0 Å². The van der Waals surface area contributed by atoms with Gasteiger partial charge < -0.3 is 0 Å². The highest BCUT2D eigenvalue weighted by atomic mass is 35.5. The van der Waals surface area contributed by atoms with Crippen molar-refractivity contribution < 1.29 is 4.39 Å². The molecule has 0 aromatic heterocycles. The van der Waals surface area contributed by atoms with Crippen molar-refractivity contribution in [2.75, 3.05) is 0 Å². The standard InChI is InChI=1S/C17H21ClFN/c1-2-3-13-6-8-17(12-20,9-7-13)11-14-4-5-15(19)10-16(14)18/h4-5,10,13H,2-3,6-9,11H2,1H3. The highest BCUT2D eigenvalue weighted by Gasteiger charge is 2.35. The molecule has 3 heteroatoms. The first-order valence-corrected chi connectivity index (χ1v) is 7.81. The van der Waals surface area contributed by atoms with Crippen LogP contribution in [0.1, 0.15) is 51.0 Å². The average Bonchev–Trinajstić information content (AvgIpc) is 2.45. The molecule has 20 heavy (non-hydrogen) atoms. The quantitative estimate of drug-likeness (QED) is 0.717. The molecule has 0 atom stereocenters. The average molecular weight is 294 g/mol. The molecule has 1 aromatic rings. The molecule has 0 aliphatic heterocycles. The van der Waals surface area contributed by atoms with Gasteiger partial charge in [0.1, 0.15) is 5.82 Å². The molecule has 1 aromatic carbocycles. The number of halogens is 2. The minimum atomic E-state index is -0.323. The Kier molecular flexibility index (Phi) is 5.05. The monoisotopic (exact) mass is 293 g/mol. The van der Waals surface area contributed by atoms with E-state index in [1.54, 1.807) is 6.07 Å². The Bertz CT molecular complexity index is 498. The van der Waals surface area contributed by atoms with Crippen LogP contribution in [-0.4, -0.2) is 0 Å². The lowest BCUT2D eigenvalue weighted by atomic mass is 9.67. The summed E-state index contributed by atoms with van der Waals surface area (Å²) in [5.74, 6) is 0.446. The maximum Gasteiger partial charge on any atom is 0.124 e. The fraction of sp³-hybridized carbons (Fsp3) is 0.588. The van der Waals surface area contributed by atoms with Crippen LogP contribution in [0.2, 0.25) is 5.02 Å². The van der Waals surface area contributed by atoms with Crippen LogP contribution in [0.25, 0.3) is 0 Å². The molecule has 1 aliphatic carbocycles. The van der Waals surface area contributed by atoms with Crippen molar-refractivity contribution in [3.05, 3.63) is 34.6 Å². The summed E-state index contributed by atoms with van der Waals surface area (Å²) in [6.07, 6.45) is 7.23. The van der Waals surface area contributed by atoms with E-state index in [1.807, 2.05) is 0 Å². The van der Waals surface area contributed by atoms with E-state index in [4.69, 9.17) is 11.6 Å². The molecule has 0 bridgehead atoms. The Morgan fingerprint density at radius 2 is 2.10 bits per heavy atom. The van der Waals surface area contributed by atoms with Gasteiger partial charge in [-0.05, 0) is 55.7 Å². The summed E-state index contributed by atoms with van der Waals surface area (Å²) in [6.45, 7) is 2.21. The second-order valence-electron chi connectivity index (χ2n) is 6.04. The van der Waals surface area contributed by atoms with E-state index < -0.39 is 0 Å². The zero-order valence-electron chi connectivity index (χ0n) is 12.0. The molecule has 0 amide bonds. The van der Waals surface area contributed by atoms with Crippen molar-refractivity contribution in [1.29, 1.82) is 5.26 Å². The van der Waals surface area contributed by atoms with Crippen LogP contribution in [-0.2, 0) is 6.42 Å². The molecule has 108 valence electrons. The Morgan fingerprint density at radius 3 is 2.65 bits per heavy atom. The van der Waals surface area contributed by atoms with E-state index in [2.05, 4.69) is 13.0 Å². The molecule has 2 rings (SSSR count). The number of hydrogen-bond acceptors (Lipinski definition) is 1. The summed E-state index contributed by atoms with van der Waals surface area (Å²) >= 11 is 6.10. The number of nitriles is 1. The van der Waals surface area contributed by atoms with E-state index in [1.165, 1.54) is 25.0 Å². The second-order valence-corrected chi connectivity index (χ2v) is 6.44. The van der Waals surface area contributed by atoms with Crippen LogP contribution >= 0.6 is 11.6 Å². The van der Waals surface area contributed by atoms with Crippen molar-refractivity contribution >= 4 is 11.6 Å². The predicted octanol–water partition coefficient (Wildman–Crippen LogP) is 5.52. The first kappa shape index (κ1) is 15.3. The first-order chi connectivity index (χ1) is 9.58. The van der Waals surface area contributed by atoms with Crippen LogP contribution in [0.3, 0.4) is 0 Å². The van der Waals surface area contributed by atoms with Crippen LogP contribution in [0.15, 0.2) is 18.2 Å². The van der Waals surface area contributed by atoms with Crippen molar-refractivity contribution in [3.63, 3.8) is 0 Å². The molecule has 0 heterocycles. The lowest BCUT2D eigenvalue weighted by Crippen LogP contribution is -2.28. The van der Waals surface area contributed by atoms with Crippen molar-refractivity contribution in [1.82, 2.24) is 0 Å². The highest BCUT2D eigenvalue weighted by molar-refractivity contribution is 6.31. The predicted molar refractivity (Wildman–Crippen MR) is 80.0 cm³/mol. The fourth-order valence-corrected chi connectivity index (χ4v) is 3.52. The van der Waals surface area contributed by atoms with Crippen molar-refractivity contribution in [3.8, 4) is 6.07 Å². The lowest BCUT2D eigenvalue weighted by Gasteiger charge is -2.35. The largest absolute Gasteiger partial charge is 0.207 e. The van der Waals surface area contributed by atoms with Gasteiger partial charge in [-0.2, -0.15) is 5.26 Å². The van der Waals surface area contributed by atoms with Crippen molar-refractivity contribution in [2.45, 2.75) is 51.9 Å². The third kappa shape index (κ3) is 3.52. The maximum atomic E-state index is 13.1. The van der Waals surface area contributed by atoms with E-state index in [0.29, 0.717) is 11.4 Å². The first-order valence-electron chi connectivity index (χ1n) is 7.44. The zero-order valence-corrected chi connectivity index (χ0v) is 12.7. The topological polar surface area (TPSA) is 23.8 Å². The Balaban J connectivity index is 2.08. The summed E-state index contributed by atoms with van der Waals surface area (Å²) in [5.41, 5.74) is 0.578. The fourth-order valence-electron chi connectivity index (χ4n) is 3.28. The van der Waals surface area contributed by atoms with Gasteiger partial charge in [0.05, 0.1) is 11.5 Å². The molecule has 1 aliphatic rings. The molecule has 1 nitrogen and oxygen atoms in total. The van der Waals surface area contributed by atoms with Crippen molar-refractivity contribution in [2.24, 2.45) is 11.3 Å². The number of hydrogen-bond donors (Lipinski definition) is 0. The third-order valence-electron chi connectivity index (χ3n) is 4.54. The van der Waals surface area contributed by atoms with Crippen LogP contribution in [0.4, 0.5) is 4.39 Å². The summed E-state index contributed by atoms with van der Waals surface area (Å²) < 4.78 is 13.1. The molecule has 0 saturated heterocycles. The molecule has 0 N–H and O–H groups in total. The Morgan fingerprint density at radius 1 is 1.40 bits per heavy atom. The smallest absolute Gasteiger partial charge is 0.124 e. The van der Waals surface area contributed by atoms with Gasteiger partial charge in [-0.25, -0.2) is 4.39 Å². The molecular formula is C17H21ClFN. The lowest BCUT2D eigenvalue weighted by molar-refractivity contribution is 0.201. The Labute approximate surface area is 125 Å².